The monoisotopic (exact) mass is 456 g/mol. The topological polar surface area (TPSA) is 94.8 Å². The molecule has 0 aliphatic heterocycles. The minimum absolute atomic E-state index is 0.0385. The number of hydrogen-bond donors (Lipinski definition) is 3. The lowest BCUT2D eigenvalue weighted by Crippen LogP contribution is -2.38. The molecule has 1 aliphatic rings. The molecular formula is C25H44O5S. The van der Waals surface area contributed by atoms with Crippen molar-refractivity contribution in [2.75, 3.05) is 5.75 Å². The summed E-state index contributed by atoms with van der Waals surface area (Å²) in [7, 11) is 0. The summed E-state index contributed by atoms with van der Waals surface area (Å²) in [5.41, 5.74) is 1.15. The van der Waals surface area contributed by atoms with Crippen LogP contribution in [-0.2, 0) is 9.59 Å². The molecule has 1 unspecified atom stereocenters. The maximum Gasteiger partial charge on any atom is 0.313 e. The fourth-order valence-corrected chi connectivity index (χ4v) is 5.61. The van der Waals surface area contributed by atoms with Gasteiger partial charge in [0.25, 0.3) is 0 Å². The van der Waals surface area contributed by atoms with Gasteiger partial charge in [-0.15, -0.1) is 11.8 Å². The van der Waals surface area contributed by atoms with E-state index in [1.54, 1.807) is 0 Å². The molecule has 0 aromatic heterocycles. The zero-order chi connectivity index (χ0) is 22.9. The van der Waals surface area contributed by atoms with Crippen LogP contribution in [0.2, 0.25) is 0 Å². The van der Waals surface area contributed by atoms with Crippen LogP contribution in [0.3, 0.4) is 0 Å². The number of carboxylic acids is 2. The number of carbonyl (C=O) groups is 2. The van der Waals surface area contributed by atoms with Gasteiger partial charge in [0.1, 0.15) is 0 Å². The maximum absolute atomic E-state index is 11.0. The number of aliphatic hydroxyl groups is 1. The summed E-state index contributed by atoms with van der Waals surface area (Å²) in [6.07, 6.45) is 19.1. The van der Waals surface area contributed by atoms with E-state index in [1.165, 1.54) is 76.0 Å². The summed E-state index contributed by atoms with van der Waals surface area (Å²) in [6.45, 7) is 2.25. The summed E-state index contributed by atoms with van der Waals surface area (Å²) in [4.78, 5) is 21.9. The largest absolute Gasteiger partial charge is 0.481 e. The highest BCUT2D eigenvalue weighted by Gasteiger charge is 2.35. The molecule has 0 bridgehead atoms. The van der Waals surface area contributed by atoms with Gasteiger partial charge in [0.15, 0.2) is 0 Å². The molecule has 31 heavy (non-hydrogen) atoms. The van der Waals surface area contributed by atoms with Gasteiger partial charge in [-0.2, -0.15) is 0 Å². The van der Waals surface area contributed by atoms with E-state index < -0.39 is 18.0 Å². The minimum atomic E-state index is -0.880. The van der Waals surface area contributed by atoms with Crippen molar-refractivity contribution in [2.45, 2.75) is 121 Å². The molecule has 1 saturated carbocycles. The lowest BCUT2D eigenvalue weighted by Gasteiger charge is -2.36. The fraction of sp³-hybridized carbons (Fsp3) is 0.840. The van der Waals surface area contributed by atoms with Crippen molar-refractivity contribution >= 4 is 23.7 Å². The molecule has 5 nitrogen and oxygen atoms in total. The molecule has 0 heterocycles. The summed E-state index contributed by atoms with van der Waals surface area (Å²) >= 11 is 1.28. The molecule has 1 fully saturated rings. The Morgan fingerprint density at radius 3 is 2.06 bits per heavy atom. The third kappa shape index (κ3) is 13.2. The van der Waals surface area contributed by atoms with Crippen LogP contribution in [0.5, 0.6) is 0 Å². The molecule has 0 amide bonds. The predicted molar refractivity (Wildman–Crippen MR) is 129 cm³/mol. The molecule has 0 spiro atoms. The van der Waals surface area contributed by atoms with Crippen LogP contribution in [0.15, 0.2) is 11.6 Å². The van der Waals surface area contributed by atoms with Crippen molar-refractivity contribution < 1.29 is 24.9 Å². The van der Waals surface area contributed by atoms with Gasteiger partial charge in [-0.25, -0.2) is 0 Å². The molecule has 1 rings (SSSR count). The van der Waals surface area contributed by atoms with E-state index in [2.05, 4.69) is 13.0 Å². The van der Waals surface area contributed by atoms with Crippen molar-refractivity contribution in [1.29, 1.82) is 0 Å². The molecular weight excluding hydrogens is 412 g/mol. The van der Waals surface area contributed by atoms with Gasteiger partial charge >= 0.3 is 11.9 Å². The van der Waals surface area contributed by atoms with E-state index in [-0.39, 0.29) is 23.3 Å². The molecule has 180 valence electrons. The predicted octanol–water partition coefficient (Wildman–Crippen LogP) is 6.44. The second kappa shape index (κ2) is 17.5. The number of hydrogen-bond acceptors (Lipinski definition) is 4. The first-order valence-corrected chi connectivity index (χ1v) is 13.4. The van der Waals surface area contributed by atoms with Gasteiger partial charge in [-0.05, 0) is 38.0 Å². The summed E-state index contributed by atoms with van der Waals surface area (Å²) in [6, 6.07) is 0. The zero-order valence-corrected chi connectivity index (χ0v) is 20.2. The number of aliphatic hydroxyl groups excluding tert-OH is 1. The van der Waals surface area contributed by atoms with E-state index in [9.17, 15) is 14.7 Å². The van der Waals surface area contributed by atoms with Gasteiger partial charge < -0.3 is 15.3 Å². The summed E-state index contributed by atoms with van der Waals surface area (Å²) in [5, 5.41) is 28.5. The van der Waals surface area contributed by atoms with Crippen molar-refractivity contribution in [1.82, 2.24) is 0 Å². The quantitative estimate of drug-likeness (QED) is 0.162. The third-order valence-corrected chi connectivity index (χ3v) is 7.65. The van der Waals surface area contributed by atoms with Crippen LogP contribution in [0.25, 0.3) is 0 Å². The van der Waals surface area contributed by atoms with Gasteiger partial charge in [-0.1, -0.05) is 82.8 Å². The van der Waals surface area contributed by atoms with Crippen LogP contribution in [0.4, 0.5) is 0 Å². The smallest absolute Gasteiger partial charge is 0.313 e. The van der Waals surface area contributed by atoms with Gasteiger partial charge in [0, 0.05) is 6.42 Å². The Morgan fingerprint density at radius 1 is 0.935 bits per heavy atom. The first-order valence-electron chi connectivity index (χ1n) is 12.4. The van der Waals surface area contributed by atoms with Crippen molar-refractivity contribution in [3.05, 3.63) is 11.6 Å². The average molecular weight is 457 g/mol. The molecule has 6 heteroatoms. The first kappa shape index (κ1) is 28.0. The number of unbranched alkanes of at least 4 members (excludes halogenated alkanes) is 11. The van der Waals surface area contributed by atoms with E-state index in [0.29, 0.717) is 6.42 Å². The van der Waals surface area contributed by atoms with E-state index in [0.717, 1.165) is 31.3 Å². The molecule has 3 N–H and O–H groups in total. The number of rotatable bonds is 18. The van der Waals surface area contributed by atoms with Gasteiger partial charge in [0.2, 0.25) is 0 Å². The molecule has 3 atom stereocenters. The Hall–Kier alpha value is -1.01. The normalized spacial score (nSPS) is 22.6. The van der Waals surface area contributed by atoms with Gasteiger partial charge in [0.05, 0.1) is 17.1 Å². The number of thioether (sulfide) groups is 1. The molecule has 0 radical (unpaired) electrons. The second-order valence-corrected chi connectivity index (χ2v) is 10.1. The van der Waals surface area contributed by atoms with E-state index in [4.69, 9.17) is 10.2 Å². The SMILES string of the molecule is CCCCCCCCCCCCCC=C1CC[C@@H](CCC(=O)O)[C@@H](O)C1SCC(=O)O. The van der Waals surface area contributed by atoms with Crippen molar-refractivity contribution in [3.8, 4) is 0 Å². The van der Waals surface area contributed by atoms with Crippen LogP contribution < -0.4 is 0 Å². The summed E-state index contributed by atoms with van der Waals surface area (Å²) in [5.74, 6) is -1.83. The molecule has 1 aliphatic carbocycles. The highest BCUT2D eigenvalue weighted by molar-refractivity contribution is 8.00. The molecule has 0 saturated heterocycles. The number of aliphatic carboxylic acids is 2. The van der Waals surface area contributed by atoms with Crippen LogP contribution in [-0.4, -0.2) is 44.4 Å². The Kier molecular flexibility index (Phi) is 15.9. The van der Waals surface area contributed by atoms with Gasteiger partial charge in [-0.3, -0.25) is 9.59 Å². The second-order valence-electron chi connectivity index (χ2n) is 8.95. The standard InChI is InChI=1S/C25H44O5S/c1-2-3-4-5-6-7-8-9-10-11-12-13-14-21-16-15-20(17-18-22(26)27)24(30)25(21)31-19-23(28)29/h14,20,24-25,30H,2-13,15-19H2,1H3,(H,26,27)(H,28,29)/t20-,24+,25?/m0/s1. The Morgan fingerprint density at radius 2 is 1.52 bits per heavy atom. The summed E-state index contributed by atoms with van der Waals surface area (Å²) < 4.78 is 0. The number of allylic oxidation sites excluding steroid dienone is 1. The maximum atomic E-state index is 11.0. The fourth-order valence-electron chi connectivity index (χ4n) is 4.44. The molecule has 0 aromatic carbocycles. The average Bonchev–Trinajstić information content (AvgIpc) is 2.73. The Bertz CT molecular complexity index is 534. The lowest BCUT2D eigenvalue weighted by molar-refractivity contribution is -0.137. The van der Waals surface area contributed by atoms with Crippen LogP contribution >= 0.6 is 11.8 Å². The third-order valence-electron chi connectivity index (χ3n) is 6.29. The Labute approximate surface area is 193 Å². The highest BCUT2D eigenvalue weighted by Crippen LogP contribution is 2.38. The van der Waals surface area contributed by atoms with E-state index in [1.807, 2.05) is 0 Å². The van der Waals surface area contributed by atoms with Crippen LogP contribution in [0.1, 0.15) is 110 Å². The lowest BCUT2D eigenvalue weighted by atomic mass is 9.80. The van der Waals surface area contributed by atoms with Crippen molar-refractivity contribution in [2.24, 2.45) is 5.92 Å². The van der Waals surface area contributed by atoms with Crippen molar-refractivity contribution in [3.63, 3.8) is 0 Å². The first-order chi connectivity index (χ1) is 15.0. The minimum Gasteiger partial charge on any atom is -0.481 e. The van der Waals surface area contributed by atoms with Crippen LogP contribution in [0, 0.1) is 5.92 Å². The van der Waals surface area contributed by atoms with E-state index >= 15 is 0 Å². The zero-order valence-electron chi connectivity index (χ0n) is 19.4. The molecule has 0 aromatic rings. The number of carboxylic acid groups (broad SMARTS) is 2. The Balaban J connectivity index is 2.32. The highest BCUT2D eigenvalue weighted by atomic mass is 32.2.